The van der Waals surface area contributed by atoms with E-state index in [9.17, 15) is 9.59 Å². The Kier molecular flexibility index (Phi) is 3.88. The number of rotatable bonds is 2. The molecule has 1 atom stereocenters. The highest BCUT2D eigenvalue weighted by molar-refractivity contribution is 6.00. The molecule has 0 unspecified atom stereocenters. The van der Waals surface area contributed by atoms with Crippen molar-refractivity contribution in [2.24, 2.45) is 0 Å². The second kappa shape index (κ2) is 5.43. The van der Waals surface area contributed by atoms with E-state index < -0.39 is 5.54 Å². The van der Waals surface area contributed by atoms with Crippen LogP contribution in [0.25, 0.3) is 0 Å². The van der Waals surface area contributed by atoms with Gasteiger partial charge in [-0.25, -0.2) is 0 Å². The summed E-state index contributed by atoms with van der Waals surface area (Å²) in [5, 5.41) is 5.73. The molecule has 1 heterocycles. The zero-order valence-electron chi connectivity index (χ0n) is 11.5. The van der Waals surface area contributed by atoms with Crippen LogP contribution in [0.1, 0.15) is 38.2 Å². The molecule has 1 aliphatic rings. The highest BCUT2D eigenvalue weighted by atomic mass is 16.2. The minimum Gasteiger partial charge on any atom is -0.342 e. The number of amides is 2. The van der Waals surface area contributed by atoms with Gasteiger partial charge in [-0.15, -0.1) is 0 Å². The molecule has 1 aliphatic heterocycles. The lowest BCUT2D eigenvalue weighted by Gasteiger charge is -2.27. The molecule has 0 aliphatic carbocycles. The van der Waals surface area contributed by atoms with E-state index in [1.54, 1.807) is 6.92 Å². The van der Waals surface area contributed by atoms with E-state index in [1.165, 1.54) is 0 Å². The average molecular weight is 260 g/mol. The zero-order chi connectivity index (χ0) is 13.9. The van der Waals surface area contributed by atoms with Crippen LogP contribution in [0.4, 0.5) is 5.69 Å². The van der Waals surface area contributed by atoms with Crippen molar-refractivity contribution in [2.75, 3.05) is 5.32 Å². The van der Waals surface area contributed by atoms with Gasteiger partial charge in [0.2, 0.25) is 11.8 Å². The molecule has 2 amide bonds. The quantitative estimate of drug-likeness (QED) is 0.857. The van der Waals surface area contributed by atoms with Crippen molar-refractivity contribution in [3.8, 4) is 0 Å². The Morgan fingerprint density at radius 3 is 2.89 bits per heavy atom. The molecule has 0 radical (unpaired) electrons. The third kappa shape index (κ3) is 3.34. The van der Waals surface area contributed by atoms with Crippen LogP contribution in [-0.2, 0) is 9.59 Å². The van der Waals surface area contributed by atoms with Gasteiger partial charge in [0.05, 0.1) is 0 Å². The van der Waals surface area contributed by atoms with Crippen molar-refractivity contribution in [1.29, 1.82) is 0 Å². The van der Waals surface area contributed by atoms with Crippen LogP contribution >= 0.6 is 0 Å². The second-order valence-electron chi connectivity index (χ2n) is 5.41. The maximum Gasteiger partial charge on any atom is 0.249 e. The number of hydrogen-bond donors (Lipinski definition) is 2. The minimum atomic E-state index is -0.808. The van der Waals surface area contributed by atoms with Crippen LogP contribution in [-0.4, -0.2) is 17.4 Å². The molecule has 1 saturated heterocycles. The average Bonchev–Trinajstić information content (AvgIpc) is 2.51. The number of hydrogen-bond acceptors (Lipinski definition) is 2. The summed E-state index contributed by atoms with van der Waals surface area (Å²) >= 11 is 0. The minimum absolute atomic E-state index is 0.0422. The monoisotopic (exact) mass is 260 g/mol. The van der Waals surface area contributed by atoms with E-state index in [4.69, 9.17) is 0 Å². The SMILES string of the molecule is Cc1cccc(NC(=O)[C@]2(C)CCCCC(=O)N2)c1. The summed E-state index contributed by atoms with van der Waals surface area (Å²) in [6, 6.07) is 7.65. The molecule has 0 bridgehead atoms. The lowest BCUT2D eigenvalue weighted by atomic mass is 9.95. The predicted molar refractivity (Wildman–Crippen MR) is 74.8 cm³/mol. The van der Waals surface area contributed by atoms with Gasteiger partial charge >= 0.3 is 0 Å². The van der Waals surface area contributed by atoms with Crippen molar-refractivity contribution in [3.05, 3.63) is 29.8 Å². The maximum absolute atomic E-state index is 12.4. The predicted octanol–water partition coefficient (Wildman–Crippen LogP) is 2.38. The van der Waals surface area contributed by atoms with Gasteiger partial charge in [-0.2, -0.15) is 0 Å². The van der Waals surface area contributed by atoms with Crippen molar-refractivity contribution < 1.29 is 9.59 Å². The molecule has 19 heavy (non-hydrogen) atoms. The van der Waals surface area contributed by atoms with Gasteiger partial charge in [0, 0.05) is 12.1 Å². The highest BCUT2D eigenvalue weighted by Crippen LogP contribution is 2.21. The van der Waals surface area contributed by atoms with Crippen LogP contribution < -0.4 is 10.6 Å². The molecule has 0 saturated carbocycles. The molecule has 2 N–H and O–H groups in total. The first-order valence-electron chi connectivity index (χ1n) is 6.69. The molecule has 0 spiro atoms. The Morgan fingerprint density at radius 1 is 1.37 bits per heavy atom. The summed E-state index contributed by atoms with van der Waals surface area (Å²) in [7, 11) is 0. The number of anilines is 1. The molecule has 0 aromatic heterocycles. The molecular weight excluding hydrogens is 240 g/mol. The van der Waals surface area contributed by atoms with E-state index in [2.05, 4.69) is 10.6 Å². The fraction of sp³-hybridized carbons (Fsp3) is 0.467. The number of carbonyl (C=O) groups excluding carboxylic acids is 2. The van der Waals surface area contributed by atoms with Gasteiger partial charge in [0.15, 0.2) is 0 Å². The fourth-order valence-corrected chi connectivity index (χ4v) is 2.36. The van der Waals surface area contributed by atoms with Crippen LogP contribution in [0.3, 0.4) is 0 Å². The van der Waals surface area contributed by atoms with Crippen molar-refractivity contribution >= 4 is 17.5 Å². The fourth-order valence-electron chi connectivity index (χ4n) is 2.36. The van der Waals surface area contributed by atoms with E-state index in [-0.39, 0.29) is 11.8 Å². The first-order valence-corrected chi connectivity index (χ1v) is 6.69. The van der Waals surface area contributed by atoms with Gasteiger partial charge in [0.25, 0.3) is 0 Å². The topological polar surface area (TPSA) is 58.2 Å². The van der Waals surface area contributed by atoms with Crippen LogP contribution in [0.15, 0.2) is 24.3 Å². The molecule has 1 fully saturated rings. The lowest BCUT2D eigenvalue weighted by Crippen LogP contribution is -2.53. The van der Waals surface area contributed by atoms with Gasteiger partial charge in [-0.1, -0.05) is 18.6 Å². The summed E-state index contributed by atoms with van der Waals surface area (Å²) in [6.45, 7) is 3.77. The Labute approximate surface area is 113 Å². The Bertz CT molecular complexity index is 499. The number of carbonyl (C=O) groups is 2. The Balaban J connectivity index is 2.11. The largest absolute Gasteiger partial charge is 0.342 e. The number of benzene rings is 1. The third-order valence-electron chi connectivity index (χ3n) is 3.52. The summed E-state index contributed by atoms with van der Waals surface area (Å²) in [4.78, 5) is 24.0. The smallest absolute Gasteiger partial charge is 0.249 e. The number of nitrogens with one attached hydrogen (secondary N) is 2. The van der Waals surface area contributed by atoms with E-state index in [0.717, 1.165) is 24.1 Å². The van der Waals surface area contributed by atoms with Gasteiger partial charge < -0.3 is 10.6 Å². The normalized spacial score (nSPS) is 23.4. The van der Waals surface area contributed by atoms with E-state index >= 15 is 0 Å². The first kappa shape index (κ1) is 13.6. The summed E-state index contributed by atoms with van der Waals surface area (Å²) in [5.41, 5.74) is 1.05. The molecule has 4 nitrogen and oxygen atoms in total. The van der Waals surface area contributed by atoms with E-state index in [0.29, 0.717) is 12.8 Å². The van der Waals surface area contributed by atoms with Gasteiger partial charge in [0.1, 0.15) is 5.54 Å². The highest BCUT2D eigenvalue weighted by Gasteiger charge is 2.35. The van der Waals surface area contributed by atoms with Gasteiger partial charge in [-0.05, 0) is 44.4 Å². The first-order chi connectivity index (χ1) is 8.99. The van der Waals surface area contributed by atoms with E-state index in [1.807, 2.05) is 31.2 Å². The lowest BCUT2D eigenvalue weighted by molar-refractivity contribution is -0.129. The second-order valence-corrected chi connectivity index (χ2v) is 5.41. The zero-order valence-corrected chi connectivity index (χ0v) is 11.5. The summed E-state index contributed by atoms with van der Waals surface area (Å²) in [6.07, 6.45) is 2.92. The third-order valence-corrected chi connectivity index (χ3v) is 3.52. The Morgan fingerprint density at radius 2 is 2.16 bits per heavy atom. The number of aryl methyl sites for hydroxylation is 1. The molecule has 1 aromatic rings. The maximum atomic E-state index is 12.4. The Hall–Kier alpha value is -1.84. The van der Waals surface area contributed by atoms with Crippen molar-refractivity contribution in [1.82, 2.24) is 5.32 Å². The summed E-state index contributed by atoms with van der Waals surface area (Å²) in [5.74, 6) is -0.187. The van der Waals surface area contributed by atoms with Crippen LogP contribution in [0.5, 0.6) is 0 Å². The van der Waals surface area contributed by atoms with Crippen molar-refractivity contribution in [2.45, 2.75) is 45.1 Å². The molecule has 1 aromatic carbocycles. The standard InChI is InChI=1S/C15H20N2O2/c1-11-6-5-7-12(10-11)16-14(19)15(2)9-4-3-8-13(18)17-15/h5-7,10H,3-4,8-9H2,1-2H3,(H,16,19)(H,17,18)/t15-/m0/s1. The van der Waals surface area contributed by atoms with Crippen LogP contribution in [0, 0.1) is 6.92 Å². The molecule has 2 rings (SSSR count). The molecular formula is C15H20N2O2. The molecule has 4 heteroatoms. The van der Waals surface area contributed by atoms with Gasteiger partial charge in [-0.3, -0.25) is 9.59 Å². The van der Waals surface area contributed by atoms with Crippen molar-refractivity contribution in [3.63, 3.8) is 0 Å². The molecule has 102 valence electrons. The summed E-state index contributed by atoms with van der Waals surface area (Å²) < 4.78 is 0. The van der Waals surface area contributed by atoms with Crippen LogP contribution in [0.2, 0.25) is 0 Å².